The number of hydrogen-bond donors (Lipinski definition) is 1. The van der Waals surface area contributed by atoms with E-state index in [0.717, 1.165) is 4.31 Å². The van der Waals surface area contributed by atoms with Crippen LogP contribution >= 0.6 is 0 Å². The second-order valence-corrected chi connectivity index (χ2v) is 9.47. The Kier molecular flexibility index (Phi) is 6.14. The molecule has 0 saturated heterocycles. The molecular weight excluding hydrogens is 421 g/mol. The molecule has 1 amide bonds. The van der Waals surface area contributed by atoms with Crippen LogP contribution in [0.3, 0.4) is 0 Å². The average Bonchev–Trinajstić information content (AvgIpc) is 3.09. The number of anilines is 2. The van der Waals surface area contributed by atoms with Gasteiger partial charge >= 0.3 is 0 Å². The van der Waals surface area contributed by atoms with Crippen molar-refractivity contribution in [2.45, 2.75) is 11.8 Å². The molecular formula is C21H24FN5O3S. The van der Waals surface area contributed by atoms with Gasteiger partial charge in [-0.2, -0.15) is 5.10 Å². The van der Waals surface area contributed by atoms with Crippen molar-refractivity contribution in [3.05, 3.63) is 65.7 Å². The smallest absolute Gasteiger partial charge is 0.259 e. The Labute approximate surface area is 180 Å². The molecule has 0 fully saturated rings. The van der Waals surface area contributed by atoms with E-state index < -0.39 is 21.7 Å². The SMILES string of the molecule is Cc1c(C(=O)Nc2cc(S(=O)(=O)N(C)C)ccc2N(C)C)cnn1-c1ccccc1F. The van der Waals surface area contributed by atoms with Crippen LogP contribution in [-0.2, 0) is 10.0 Å². The first-order valence-corrected chi connectivity index (χ1v) is 10.8. The first-order chi connectivity index (χ1) is 14.5. The summed E-state index contributed by atoms with van der Waals surface area (Å²) in [5.41, 5.74) is 1.88. The van der Waals surface area contributed by atoms with E-state index in [1.165, 1.54) is 43.2 Å². The minimum absolute atomic E-state index is 0.0529. The molecule has 1 aromatic heterocycles. The van der Waals surface area contributed by atoms with Crippen LogP contribution in [0, 0.1) is 12.7 Å². The first kappa shape index (κ1) is 22.4. The van der Waals surface area contributed by atoms with Gasteiger partial charge in [0.05, 0.1) is 33.7 Å². The van der Waals surface area contributed by atoms with Crippen LogP contribution in [0.25, 0.3) is 5.69 Å². The van der Waals surface area contributed by atoms with Crippen molar-refractivity contribution in [2.24, 2.45) is 0 Å². The van der Waals surface area contributed by atoms with Gasteiger partial charge in [0, 0.05) is 28.2 Å². The number of benzene rings is 2. The van der Waals surface area contributed by atoms with Gasteiger partial charge in [0.15, 0.2) is 0 Å². The molecule has 8 nitrogen and oxygen atoms in total. The van der Waals surface area contributed by atoms with Crippen LogP contribution in [0.1, 0.15) is 16.1 Å². The molecule has 0 bridgehead atoms. The van der Waals surface area contributed by atoms with Crippen molar-refractivity contribution < 1.29 is 17.6 Å². The van der Waals surface area contributed by atoms with Crippen molar-refractivity contribution in [1.82, 2.24) is 14.1 Å². The first-order valence-electron chi connectivity index (χ1n) is 9.39. The molecule has 1 N–H and O–H groups in total. The summed E-state index contributed by atoms with van der Waals surface area (Å²) >= 11 is 0. The van der Waals surface area contributed by atoms with Crippen LogP contribution in [0.15, 0.2) is 53.6 Å². The van der Waals surface area contributed by atoms with Crippen molar-refractivity contribution in [3.8, 4) is 5.69 Å². The number of halogens is 1. The largest absolute Gasteiger partial charge is 0.376 e. The summed E-state index contributed by atoms with van der Waals surface area (Å²) in [7, 11) is 2.76. The normalized spacial score (nSPS) is 11.6. The molecule has 0 spiro atoms. The molecule has 0 aliphatic heterocycles. The third-order valence-electron chi connectivity index (χ3n) is 4.81. The summed E-state index contributed by atoms with van der Waals surface area (Å²) in [5, 5.41) is 6.92. The number of carbonyl (C=O) groups is 1. The summed E-state index contributed by atoms with van der Waals surface area (Å²) in [5.74, 6) is -0.945. The van der Waals surface area contributed by atoms with E-state index in [1.807, 2.05) is 0 Å². The zero-order valence-electron chi connectivity index (χ0n) is 17.9. The zero-order chi connectivity index (χ0) is 22.9. The Morgan fingerprint density at radius 3 is 2.39 bits per heavy atom. The van der Waals surface area contributed by atoms with Crippen molar-refractivity contribution in [1.29, 1.82) is 0 Å². The van der Waals surface area contributed by atoms with Gasteiger partial charge in [-0.05, 0) is 37.3 Å². The number of rotatable bonds is 6. The number of aromatic nitrogens is 2. The van der Waals surface area contributed by atoms with Gasteiger partial charge < -0.3 is 10.2 Å². The highest BCUT2D eigenvalue weighted by molar-refractivity contribution is 7.89. The van der Waals surface area contributed by atoms with Crippen LogP contribution in [0.4, 0.5) is 15.8 Å². The second kappa shape index (κ2) is 8.48. The number of sulfonamides is 1. The summed E-state index contributed by atoms with van der Waals surface area (Å²) in [6.45, 7) is 1.66. The highest BCUT2D eigenvalue weighted by Crippen LogP contribution is 2.29. The number of carbonyl (C=O) groups excluding carboxylic acids is 1. The molecule has 31 heavy (non-hydrogen) atoms. The summed E-state index contributed by atoms with van der Waals surface area (Å²) in [6.07, 6.45) is 1.35. The quantitative estimate of drug-likeness (QED) is 0.630. The zero-order valence-corrected chi connectivity index (χ0v) is 18.7. The van der Waals surface area contributed by atoms with Gasteiger partial charge in [0.2, 0.25) is 10.0 Å². The van der Waals surface area contributed by atoms with E-state index in [4.69, 9.17) is 0 Å². The van der Waals surface area contributed by atoms with Crippen molar-refractivity contribution in [3.63, 3.8) is 0 Å². The van der Waals surface area contributed by atoms with E-state index in [9.17, 15) is 17.6 Å². The van der Waals surface area contributed by atoms with Crippen molar-refractivity contribution >= 4 is 27.3 Å². The number of para-hydroxylation sites is 1. The van der Waals surface area contributed by atoms with Crippen LogP contribution in [0.2, 0.25) is 0 Å². The number of hydrogen-bond acceptors (Lipinski definition) is 5. The molecule has 3 aromatic rings. The number of amides is 1. The summed E-state index contributed by atoms with van der Waals surface area (Å²) in [4.78, 5) is 14.8. The molecule has 0 aliphatic rings. The molecule has 1 heterocycles. The third-order valence-corrected chi connectivity index (χ3v) is 6.62. The van der Waals surface area contributed by atoms with E-state index in [-0.39, 0.29) is 16.1 Å². The maximum absolute atomic E-state index is 14.1. The van der Waals surface area contributed by atoms with Crippen LogP contribution < -0.4 is 10.2 Å². The van der Waals surface area contributed by atoms with E-state index >= 15 is 0 Å². The Bertz CT molecular complexity index is 1240. The van der Waals surface area contributed by atoms with Crippen molar-refractivity contribution in [2.75, 3.05) is 38.4 Å². The Balaban J connectivity index is 1.99. The second-order valence-electron chi connectivity index (χ2n) is 7.32. The lowest BCUT2D eigenvalue weighted by molar-refractivity contribution is 0.102. The topological polar surface area (TPSA) is 87.5 Å². The van der Waals surface area contributed by atoms with Gasteiger partial charge in [0.25, 0.3) is 5.91 Å². The highest BCUT2D eigenvalue weighted by atomic mass is 32.2. The predicted octanol–water partition coefficient (Wildman–Crippen LogP) is 2.89. The average molecular weight is 446 g/mol. The molecule has 0 radical (unpaired) electrons. The summed E-state index contributed by atoms with van der Waals surface area (Å²) < 4.78 is 41.6. The molecule has 0 atom stereocenters. The van der Waals surface area contributed by atoms with Gasteiger partial charge in [-0.15, -0.1) is 0 Å². The standard InChI is InChI=1S/C21H24FN5O3S/c1-14-16(13-23-27(14)19-9-7-6-8-17(19)22)21(28)24-18-12-15(31(29,30)26(4)5)10-11-20(18)25(2)3/h6-13H,1-5H3,(H,24,28). The number of nitrogens with zero attached hydrogens (tertiary/aromatic N) is 4. The van der Waals surface area contributed by atoms with E-state index in [2.05, 4.69) is 10.4 Å². The highest BCUT2D eigenvalue weighted by Gasteiger charge is 2.22. The predicted molar refractivity (Wildman–Crippen MR) is 118 cm³/mol. The van der Waals surface area contributed by atoms with Gasteiger partial charge in [0.1, 0.15) is 11.5 Å². The minimum atomic E-state index is -3.68. The van der Waals surface area contributed by atoms with Crippen LogP contribution in [0.5, 0.6) is 0 Å². The molecule has 0 aliphatic carbocycles. The lowest BCUT2D eigenvalue weighted by atomic mass is 10.2. The fraction of sp³-hybridized carbons (Fsp3) is 0.238. The fourth-order valence-electron chi connectivity index (χ4n) is 3.07. The maximum atomic E-state index is 14.1. The molecule has 10 heteroatoms. The number of nitrogens with one attached hydrogen (secondary N) is 1. The van der Waals surface area contributed by atoms with Gasteiger partial charge in [-0.1, -0.05) is 12.1 Å². The Morgan fingerprint density at radius 2 is 1.77 bits per heavy atom. The molecule has 0 unspecified atom stereocenters. The lowest BCUT2D eigenvalue weighted by Crippen LogP contribution is -2.23. The summed E-state index contributed by atoms with van der Waals surface area (Å²) in [6, 6.07) is 10.7. The Hall–Kier alpha value is -3.24. The molecule has 164 valence electrons. The van der Waals surface area contributed by atoms with E-state index in [1.54, 1.807) is 50.2 Å². The monoisotopic (exact) mass is 445 g/mol. The van der Waals surface area contributed by atoms with Gasteiger partial charge in [-0.25, -0.2) is 21.8 Å². The molecule has 0 saturated carbocycles. The Morgan fingerprint density at radius 1 is 1.10 bits per heavy atom. The fourth-order valence-corrected chi connectivity index (χ4v) is 3.99. The lowest BCUT2D eigenvalue weighted by Gasteiger charge is -2.20. The maximum Gasteiger partial charge on any atom is 0.259 e. The van der Waals surface area contributed by atoms with Gasteiger partial charge in [-0.3, -0.25) is 4.79 Å². The minimum Gasteiger partial charge on any atom is -0.376 e. The third kappa shape index (κ3) is 4.30. The molecule has 2 aromatic carbocycles. The van der Waals surface area contributed by atoms with Crippen LogP contribution in [-0.4, -0.2) is 56.6 Å². The van der Waals surface area contributed by atoms with E-state index in [0.29, 0.717) is 17.1 Å². The molecule has 3 rings (SSSR count).